The molecule has 28 heavy (non-hydrogen) atoms. The molecule has 7 heteroatoms. The van der Waals surface area contributed by atoms with Gasteiger partial charge in [0.05, 0.1) is 24.3 Å². The van der Waals surface area contributed by atoms with E-state index in [0.717, 1.165) is 35.1 Å². The number of thioether (sulfide) groups is 1. The summed E-state index contributed by atoms with van der Waals surface area (Å²) in [6.07, 6.45) is 3.68. The second-order valence-electron chi connectivity index (χ2n) is 6.11. The molecule has 0 radical (unpaired) electrons. The van der Waals surface area contributed by atoms with E-state index in [0.29, 0.717) is 33.7 Å². The molecule has 2 aromatic rings. The summed E-state index contributed by atoms with van der Waals surface area (Å²) in [4.78, 5) is 26.6. The van der Waals surface area contributed by atoms with Crippen LogP contribution in [0.3, 0.4) is 0 Å². The molecule has 146 valence electrons. The van der Waals surface area contributed by atoms with Crippen molar-refractivity contribution in [2.45, 2.75) is 19.8 Å². The first-order valence-electron chi connectivity index (χ1n) is 8.88. The van der Waals surface area contributed by atoms with Crippen LogP contribution in [0.15, 0.2) is 47.4 Å². The third kappa shape index (κ3) is 4.51. The maximum absolute atomic E-state index is 12.7. The fourth-order valence-electron chi connectivity index (χ4n) is 2.68. The molecule has 3 rings (SSSR count). The van der Waals surface area contributed by atoms with Crippen LogP contribution in [0, 0.1) is 0 Å². The first-order valence-corrected chi connectivity index (χ1v) is 10.1. The Morgan fingerprint density at radius 2 is 1.96 bits per heavy atom. The van der Waals surface area contributed by atoms with Crippen LogP contribution < -0.4 is 14.4 Å². The average molecular weight is 418 g/mol. The standard InChI is InChI=1S/C21H20ClNO4S/c1-3-4-10-27-17-9-8-14(11-18(17)26-2)12-19-20(24)23(21(25)28-19)16-7-5-6-15(22)13-16/h5-9,11-13H,3-4,10H2,1-2H3/b19-12-. The molecule has 0 atom stereocenters. The average Bonchev–Trinajstić information content (AvgIpc) is 2.96. The summed E-state index contributed by atoms with van der Waals surface area (Å²) in [6, 6.07) is 12.1. The van der Waals surface area contributed by atoms with Gasteiger partial charge in [-0.15, -0.1) is 0 Å². The molecular weight excluding hydrogens is 398 g/mol. The van der Waals surface area contributed by atoms with Crippen LogP contribution in [0.25, 0.3) is 6.08 Å². The number of imide groups is 1. The van der Waals surface area contributed by atoms with Gasteiger partial charge in [-0.3, -0.25) is 9.59 Å². The molecule has 2 aromatic carbocycles. The highest BCUT2D eigenvalue weighted by Gasteiger charge is 2.36. The molecule has 0 spiro atoms. The fraction of sp³-hybridized carbons (Fsp3) is 0.238. The minimum Gasteiger partial charge on any atom is -0.493 e. The zero-order chi connectivity index (χ0) is 20.1. The van der Waals surface area contributed by atoms with E-state index < -0.39 is 0 Å². The number of anilines is 1. The second kappa shape index (κ2) is 9.17. The minimum atomic E-state index is -0.375. The summed E-state index contributed by atoms with van der Waals surface area (Å²) >= 11 is 6.88. The molecule has 0 aromatic heterocycles. The summed E-state index contributed by atoms with van der Waals surface area (Å²) in [6.45, 7) is 2.71. The highest BCUT2D eigenvalue weighted by atomic mass is 35.5. The van der Waals surface area contributed by atoms with Crippen LogP contribution >= 0.6 is 23.4 Å². The number of halogens is 1. The van der Waals surface area contributed by atoms with E-state index >= 15 is 0 Å². The van der Waals surface area contributed by atoms with Crippen LogP contribution in [0.1, 0.15) is 25.3 Å². The van der Waals surface area contributed by atoms with Crippen molar-refractivity contribution in [3.05, 3.63) is 58.0 Å². The number of benzene rings is 2. The van der Waals surface area contributed by atoms with Gasteiger partial charge >= 0.3 is 0 Å². The summed E-state index contributed by atoms with van der Waals surface area (Å²) in [7, 11) is 1.57. The lowest BCUT2D eigenvalue weighted by Gasteiger charge is -2.12. The monoisotopic (exact) mass is 417 g/mol. The SMILES string of the molecule is CCCCOc1ccc(/C=C2\SC(=O)N(c3cccc(Cl)c3)C2=O)cc1OC. The lowest BCUT2D eigenvalue weighted by atomic mass is 10.1. The van der Waals surface area contributed by atoms with E-state index in [1.807, 2.05) is 12.1 Å². The van der Waals surface area contributed by atoms with Crippen LogP contribution in [0.2, 0.25) is 5.02 Å². The smallest absolute Gasteiger partial charge is 0.298 e. The number of amides is 2. The molecule has 1 aliphatic rings. The molecule has 1 heterocycles. The second-order valence-corrected chi connectivity index (χ2v) is 7.54. The van der Waals surface area contributed by atoms with Gasteiger partial charge in [-0.2, -0.15) is 0 Å². The van der Waals surface area contributed by atoms with Gasteiger partial charge in [-0.1, -0.05) is 37.1 Å². The van der Waals surface area contributed by atoms with Crippen LogP contribution in [0.4, 0.5) is 10.5 Å². The van der Waals surface area contributed by atoms with Gasteiger partial charge in [-0.25, -0.2) is 4.90 Å². The lowest BCUT2D eigenvalue weighted by Crippen LogP contribution is -2.27. The maximum atomic E-state index is 12.7. The number of unbranched alkanes of at least 4 members (excludes halogenated alkanes) is 1. The predicted molar refractivity (Wildman–Crippen MR) is 113 cm³/mol. The zero-order valence-electron chi connectivity index (χ0n) is 15.6. The molecule has 1 aliphatic heterocycles. The van der Waals surface area contributed by atoms with E-state index in [2.05, 4.69) is 6.92 Å². The van der Waals surface area contributed by atoms with Crippen molar-refractivity contribution in [2.75, 3.05) is 18.6 Å². The number of hydrogen-bond acceptors (Lipinski definition) is 5. The van der Waals surface area contributed by atoms with Gasteiger partial charge in [0.1, 0.15) is 0 Å². The Morgan fingerprint density at radius 3 is 2.68 bits per heavy atom. The quantitative estimate of drug-likeness (QED) is 0.423. The topological polar surface area (TPSA) is 55.8 Å². The van der Waals surface area contributed by atoms with Gasteiger partial charge < -0.3 is 9.47 Å². The highest BCUT2D eigenvalue weighted by Crippen LogP contribution is 2.37. The van der Waals surface area contributed by atoms with Gasteiger partial charge in [-0.05, 0) is 60.2 Å². The molecule has 2 amide bonds. The third-order valence-corrected chi connectivity index (χ3v) is 5.21. The van der Waals surface area contributed by atoms with Crippen molar-refractivity contribution in [1.82, 2.24) is 0 Å². The Labute approximate surface area is 173 Å². The van der Waals surface area contributed by atoms with E-state index in [-0.39, 0.29) is 11.1 Å². The van der Waals surface area contributed by atoms with Crippen molar-refractivity contribution in [3.8, 4) is 11.5 Å². The molecule has 0 saturated carbocycles. The number of carbonyl (C=O) groups excluding carboxylic acids is 2. The normalized spacial score (nSPS) is 15.4. The van der Waals surface area contributed by atoms with Gasteiger partial charge in [0.2, 0.25) is 0 Å². The van der Waals surface area contributed by atoms with Gasteiger partial charge in [0.25, 0.3) is 11.1 Å². The van der Waals surface area contributed by atoms with Crippen LogP contribution in [0.5, 0.6) is 11.5 Å². The highest BCUT2D eigenvalue weighted by molar-refractivity contribution is 8.19. The Balaban J connectivity index is 1.83. The summed E-state index contributed by atoms with van der Waals surface area (Å²) < 4.78 is 11.1. The number of carbonyl (C=O) groups is 2. The van der Waals surface area contributed by atoms with Crippen molar-refractivity contribution < 1.29 is 19.1 Å². The fourth-order valence-corrected chi connectivity index (χ4v) is 3.70. The number of rotatable bonds is 7. The van der Waals surface area contributed by atoms with Crippen molar-refractivity contribution in [2.24, 2.45) is 0 Å². The molecule has 0 N–H and O–H groups in total. The third-order valence-electron chi connectivity index (χ3n) is 4.10. The minimum absolute atomic E-state index is 0.340. The summed E-state index contributed by atoms with van der Waals surface area (Å²) in [5, 5.41) is 0.105. The molecule has 1 saturated heterocycles. The Kier molecular flexibility index (Phi) is 6.65. The lowest BCUT2D eigenvalue weighted by molar-refractivity contribution is -0.113. The molecular formula is C21H20ClNO4S. The molecule has 5 nitrogen and oxygen atoms in total. The molecule has 0 unspecified atom stereocenters. The van der Waals surface area contributed by atoms with Crippen molar-refractivity contribution >= 4 is 46.3 Å². The number of hydrogen-bond donors (Lipinski definition) is 0. The van der Waals surface area contributed by atoms with Crippen molar-refractivity contribution in [3.63, 3.8) is 0 Å². The maximum Gasteiger partial charge on any atom is 0.298 e. The largest absolute Gasteiger partial charge is 0.493 e. The summed E-state index contributed by atoms with van der Waals surface area (Å²) in [5.74, 6) is 0.860. The Bertz CT molecular complexity index is 928. The van der Waals surface area contributed by atoms with Crippen LogP contribution in [-0.4, -0.2) is 24.9 Å². The molecule has 0 aliphatic carbocycles. The predicted octanol–water partition coefficient (Wildman–Crippen LogP) is 5.77. The van der Waals surface area contributed by atoms with Gasteiger partial charge in [0.15, 0.2) is 11.5 Å². The Hall–Kier alpha value is -2.44. The number of nitrogens with zero attached hydrogens (tertiary/aromatic N) is 1. The van der Waals surface area contributed by atoms with E-state index in [9.17, 15) is 9.59 Å². The first-order chi connectivity index (χ1) is 13.5. The van der Waals surface area contributed by atoms with Crippen LogP contribution in [-0.2, 0) is 4.79 Å². The van der Waals surface area contributed by atoms with E-state index in [1.54, 1.807) is 43.5 Å². The first kappa shape index (κ1) is 20.3. The number of methoxy groups -OCH3 is 1. The molecule has 1 fully saturated rings. The van der Waals surface area contributed by atoms with E-state index in [1.165, 1.54) is 0 Å². The zero-order valence-corrected chi connectivity index (χ0v) is 17.2. The van der Waals surface area contributed by atoms with Gasteiger partial charge in [0, 0.05) is 5.02 Å². The Morgan fingerprint density at radius 1 is 1.14 bits per heavy atom. The van der Waals surface area contributed by atoms with Crippen molar-refractivity contribution in [1.29, 1.82) is 0 Å². The number of ether oxygens (including phenoxy) is 2. The van der Waals surface area contributed by atoms with E-state index in [4.69, 9.17) is 21.1 Å². The molecule has 0 bridgehead atoms. The summed E-state index contributed by atoms with van der Waals surface area (Å²) in [5.41, 5.74) is 1.20.